The fourth-order valence-electron chi connectivity index (χ4n) is 2.86. The number of hydrogen-bond donors (Lipinski definition) is 1. The molecule has 0 radical (unpaired) electrons. The van der Waals surface area contributed by atoms with Crippen LogP contribution in [0.5, 0.6) is 0 Å². The van der Waals surface area contributed by atoms with Gasteiger partial charge in [-0.05, 0) is 19.4 Å². The van der Waals surface area contributed by atoms with Gasteiger partial charge in [0.25, 0.3) is 0 Å². The highest BCUT2D eigenvalue weighted by atomic mass is 16.5. The van der Waals surface area contributed by atoms with E-state index < -0.39 is 0 Å². The zero-order valence-corrected chi connectivity index (χ0v) is 12.1. The maximum atomic E-state index is 12.2. The van der Waals surface area contributed by atoms with Crippen LogP contribution in [-0.4, -0.2) is 74.2 Å². The standard InChI is InChI=1S/C14H27N3O2/c1-2-15-13-3-7-17(8-4-13)14(18)5-6-16-9-11-19-12-10-16/h13,15H,2-12H2,1H3. The van der Waals surface area contributed by atoms with E-state index in [-0.39, 0.29) is 0 Å². The van der Waals surface area contributed by atoms with Crippen LogP contribution in [0.15, 0.2) is 0 Å². The van der Waals surface area contributed by atoms with E-state index in [9.17, 15) is 4.79 Å². The van der Waals surface area contributed by atoms with Crippen LogP contribution in [0.3, 0.4) is 0 Å². The minimum atomic E-state index is 0.321. The molecule has 5 heteroatoms. The summed E-state index contributed by atoms with van der Waals surface area (Å²) in [4.78, 5) is 16.5. The molecule has 19 heavy (non-hydrogen) atoms. The number of likely N-dealkylation sites (tertiary alicyclic amines) is 1. The van der Waals surface area contributed by atoms with Crippen molar-refractivity contribution in [3.8, 4) is 0 Å². The molecule has 0 unspecified atom stereocenters. The Kier molecular flexibility index (Phi) is 6.07. The van der Waals surface area contributed by atoms with Gasteiger partial charge in [-0.3, -0.25) is 9.69 Å². The first-order valence-electron chi connectivity index (χ1n) is 7.61. The summed E-state index contributed by atoms with van der Waals surface area (Å²) < 4.78 is 5.31. The summed E-state index contributed by atoms with van der Waals surface area (Å²) in [7, 11) is 0. The predicted molar refractivity (Wildman–Crippen MR) is 75.2 cm³/mol. The Labute approximate surface area is 116 Å². The van der Waals surface area contributed by atoms with Crippen LogP contribution in [-0.2, 0) is 9.53 Å². The second-order valence-electron chi connectivity index (χ2n) is 5.42. The van der Waals surface area contributed by atoms with E-state index >= 15 is 0 Å². The number of carbonyl (C=O) groups is 1. The van der Waals surface area contributed by atoms with Crippen molar-refractivity contribution in [2.45, 2.75) is 32.2 Å². The van der Waals surface area contributed by atoms with Crippen molar-refractivity contribution in [3.63, 3.8) is 0 Å². The van der Waals surface area contributed by atoms with Gasteiger partial charge in [0.05, 0.1) is 13.2 Å². The van der Waals surface area contributed by atoms with Gasteiger partial charge in [0.2, 0.25) is 5.91 Å². The molecule has 1 N–H and O–H groups in total. The highest BCUT2D eigenvalue weighted by Gasteiger charge is 2.22. The van der Waals surface area contributed by atoms with Crippen LogP contribution in [0.1, 0.15) is 26.2 Å². The molecule has 0 aromatic carbocycles. The SMILES string of the molecule is CCNC1CCN(C(=O)CCN2CCOCC2)CC1. The van der Waals surface area contributed by atoms with Crippen LogP contribution in [0.25, 0.3) is 0 Å². The van der Waals surface area contributed by atoms with Crippen LogP contribution >= 0.6 is 0 Å². The van der Waals surface area contributed by atoms with Crippen molar-refractivity contribution in [3.05, 3.63) is 0 Å². The van der Waals surface area contributed by atoms with Crippen LogP contribution in [0.4, 0.5) is 0 Å². The van der Waals surface area contributed by atoms with Gasteiger partial charge in [0, 0.05) is 45.2 Å². The zero-order valence-electron chi connectivity index (χ0n) is 12.1. The molecule has 2 saturated heterocycles. The Morgan fingerprint density at radius 1 is 1.21 bits per heavy atom. The van der Waals surface area contributed by atoms with E-state index in [0.29, 0.717) is 18.4 Å². The largest absolute Gasteiger partial charge is 0.379 e. The third kappa shape index (κ3) is 4.75. The van der Waals surface area contributed by atoms with Gasteiger partial charge in [-0.1, -0.05) is 6.92 Å². The summed E-state index contributed by atoms with van der Waals surface area (Å²) in [5, 5.41) is 3.47. The van der Waals surface area contributed by atoms with Gasteiger partial charge in [0.1, 0.15) is 0 Å². The smallest absolute Gasteiger partial charge is 0.223 e. The molecule has 5 nitrogen and oxygen atoms in total. The Bertz CT molecular complexity index is 272. The summed E-state index contributed by atoms with van der Waals surface area (Å²) in [5.74, 6) is 0.321. The predicted octanol–water partition coefficient (Wildman–Crippen LogP) is 0.309. The number of amides is 1. The van der Waals surface area contributed by atoms with Crippen molar-refractivity contribution >= 4 is 5.91 Å². The number of hydrogen-bond acceptors (Lipinski definition) is 4. The van der Waals surface area contributed by atoms with Crippen molar-refractivity contribution in [2.24, 2.45) is 0 Å². The molecule has 2 aliphatic rings. The number of rotatable bonds is 5. The minimum Gasteiger partial charge on any atom is -0.379 e. The highest BCUT2D eigenvalue weighted by Crippen LogP contribution is 2.11. The Hall–Kier alpha value is -0.650. The number of nitrogens with zero attached hydrogens (tertiary/aromatic N) is 2. The lowest BCUT2D eigenvalue weighted by atomic mass is 10.0. The van der Waals surface area contributed by atoms with Crippen molar-refractivity contribution in [2.75, 3.05) is 52.5 Å². The molecule has 110 valence electrons. The molecule has 0 bridgehead atoms. The Morgan fingerprint density at radius 3 is 2.53 bits per heavy atom. The molecule has 2 aliphatic heterocycles. The first-order chi connectivity index (χ1) is 9.29. The fourth-order valence-corrected chi connectivity index (χ4v) is 2.86. The molecule has 2 fully saturated rings. The lowest BCUT2D eigenvalue weighted by Crippen LogP contribution is -2.46. The van der Waals surface area contributed by atoms with Crippen LogP contribution in [0, 0.1) is 0 Å². The molecule has 0 saturated carbocycles. The van der Waals surface area contributed by atoms with Gasteiger partial charge < -0.3 is 15.0 Å². The fraction of sp³-hybridized carbons (Fsp3) is 0.929. The molecule has 2 heterocycles. The van der Waals surface area contributed by atoms with Crippen LogP contribution < -0.4 is 5.32 Å². The zero-order chi connectivity index (χ0) is 13.5. The van der Waals surface area contributed by atoms with E-state index in [2.05, 4.69) is 17.1 Å². The lowest BCUT2D eigenvalue weighted by molar-refractivity contribution is -0.132. The van der Waals surface area contributed by atoms with Crippen molar-refractivity contribution in [1.82, 2.24) is 15.1 Å². The maximum Gasteiger partial charge on any atom is 0.223 e. The molecule has 0 spiro atoms. The van der Waals surface area contributed by atoms with Gasteiger partial charge in [-0.15, -0.1) is 0 Å². The van der Waals surface area contributed by atoms with Gasteiger partial charge in [0.15, 0.2) is 0 Å². The third-order valence-corrected chi connectivity index (χ3v) is 4.09. The van der Waals surface area contributed by atoms with Crippen LogP contribution in [0.2, 0.25) is 0 Å². The van der Waals surface area contributed by atoms with Gasteiger partial charge >= 0.3 is 0 Å². The normalized spacial score (nSPS) is 22.7. The Morgan fingerprint density at radius 2 is 1.89 bits per heavy atom. The lowest BCUT2D eigenvalue weighted by Gasteiger charge is -2.33. The first kappa shape index (κ1) is 14.8. The molecule has 2 rings (SSSR count). The summed E-state index contributed by atoms with van der Waals surface area (Å²) in [6, 6.07) is 0.605. The van der Waals surface area contributed by atoms with Crippen molar-refractivity contribution in [1.29, 1.82) is 0 Å². The molecular formula is C14H27N3O2. The first-order valence-corrected chi connectivity index (χ1v) is 7.61. The summed E-state index contributed by atoms with van der Waals surface area (Å²) in [6.07, 6.45) is 2.85. The summed E-state index contributed by atoms with van der Waals surface area (Å²) in [6.45, 7) is 9.43. The van der Waals surface area contributed by atoms with Gasteiger partial charge in [-0.2, -0.15) is 0 Å². The van der Waals surface area contributed by atoms with E-state index in [1.54, 1.807) is 0 Å². The number of carbonyl (C=O) groups excluding carboxylic acids is 1. The number of piperidine rings is 1. The summed E-state index contributed by atoms with van der Waals surface area (Å²) >= 11 is 0. The molecule has 1 amide bonds. The van der Waals surface area contributed by atoms with Gasteiger partial charge in [-0.25, -0.2) is 0 Å². The second-order valence-corrected chi connectivity index (χ2v) is 5.42. The minimum absolute atomic E-state index is 0.321. The molecule has 0 atom stereocenters. The average molecular weight is 269 g/mol. The summed E-state index contributed by atoms with van der Waals surface area (Å²) in [5.41, 5.74) is 0. The topological polar surface area (TPSA) is 44.8 Å². The third-order valence-electron chi connectivity index (χ3n) is 4.09. The second kappa shape index (κ2) is 7.82. The van der Waals surface area contributed by atoms with E-state index in [1.807, 2.05) is 4.90 Å². The number of ether oxygens (including phenoxy) is 1. The van der Waals surface area contributed by atoms with E-state index in [4.69, 9.17) is 4.74 Å². The van der Waals surface area contributed by atoms with E-state index in [1.165, 1.54) is 0 Å². The number of morpholine rings is 1. The Balaban J connectivity index is 1.63. The monoisotopic (exact) mass is 269 g/mol. The highest BCUT2D eigenvalue weighted by molar-refractivity contribution is 5.76. The molecule has 0 aromatic heterocycles. The molecule has 0 aromatic rings. The van der Waals surface area contributed by atoms with Crippen molar-refractivity contribution < 1.29 is 9.53 Å². The quantitative estimate of drug-likeness (QED) is 0.780. The number of nitrogens with one attached hydrogen (secondary N) is 1. The molecular weight excluding hydrogens is 242 g/mol. The molecule has 0 aliphatic carbocycles. The maximum absolute atomic E-state index is 12.2. The average Bonchev–Trinajstić information content (AvgIpc) is 2.47. The van der Waals surface area contributed by atoms with E-state index in [0.717, 1.165) is 65.3 Å².